The Bertz CT molecular complexity index is 1180. The predicted molar refractivity (Wildman–Crippen MR) is 114 cm³/mol. The highest BCUT2D eigenvalue weighted by Crippen LogP contribution is 2.31. The second-order valence-corrected chi connectivity index (χ2v) is 6.78. The largest absolute Gasteiger partial charge is 0.496 e. The number of anilines is 1. The van der Waals surface area contributed by atoms with Gasteiger partial charge in [0.15, 0.2) is 11.9 Å². The molecule has 0 aliphatic heterocycles. The lowest BCUT2D eigenvalue weighted by molar-refractivity contribution is -0.386. The molecule has 162 valence electrons. The van der Waals surface area contributed by atoms with Crippen molar-refractivity contribution in [1.82, 2.24) is 9.36 Å². The second kappa shape index (κ2) is 8.74. The third-order valence-corrected chi connectivity index (χ3v) is 4.84. The molecule has 0 fully saturated rings. The summed E-state index contributed by atoms with van der Waals surface area (Å²) < 4.78 is 13.6. The normalized spacial score (nSPS) is 11.6. The van der Waals surface area contributed by atoms with Gasteiger partial charge >= 0.3 is 5.69 Å². The first-order valence-corrected chi connectivity index (χ1v) is 9.38. The Morgan fingerprint density at radius 2 is 1.87 bits per heavy atom. The molecule has 1 atom stereocenters. The van der Waals surface area contributed by atoms with E-state index in [1.807, 2.05) is 6.07 Å². The number of amides is 1. The van der Waals surface area contributed by atoms with Crippen molar-refractivity contribution in [2.75, 3.05) is 12.4 Å². The number of methoxy groups -OCH3 is 1. The first-order chi connectivity index (χ1) is 14.7. The lowest BCUT2D eigenvalue weighted by Crippen LogP contribution is -2.32. The number of para-hydroxylation sites is 1. The summed E-state index contributed by atoms with van der Waals surface area (Å²) in [7, 11) is 3.10. The highest BCUT2D eigenvalue weighted by Gasteiger charge is 2.25. The molecule has 1 aromatic heterocycles. The molecule has 3 rings (SSSR count). The van der Waals surface area contributed by atoms with E-state index >= 15 is 0 Å². The summed E-state index contributed by atoms with van der Waals surface area (Å²) in [5, 5.41) is 13.9. The number of benzene rings is 2. The van der Waals surface area contributed by atoms with Gasteiger partial charge in [-0.05, 0) is 38.1 Å². The van der Waals surface area contributed by atoms with Crippen LogP contribution in [0.15, 0.2) is 53.3 Å². The molecule has 10 heteroatoms. The van der Waals surface area contributed by atoms with E-state index in [9.17, 15) is 19.7 Å². The van der Waals surface area contributed by atoms with Crippen LogP contribution in [0.3, 0.4) is 0 Å². The van der Waals surface area contributed by atoms with Crippen LogP contribution in [0.2, 0.25) is 0 Å². The Hall–Kier alpha value is -4.08. The molecule has 31 heavy (non-hydrogen) atoms. The molecule has 1 heterocycles. The van der Waals surface area contributed by atoms with Gasteiger partial charge in [-0.2, -0.15) is 0 Å². The molecular formula is C21H22N4O6. The van der Waals surface area contributed by atoms with E-state index in [2.05, 4.69) is 5.32 Å². The first-order valence-electron chi connectivity index (χ1n) is 9.38. The third-order valence-electron chi connectivity index (χ3n) is 4.84. The lowest BCUT2D eigenvalue weighted by Gasteiger charge is -2.14. The number of aromatic nitrogens is 2. The van der Waals surface area contributed by atoms with Gasteiger partial charge in [0.2, 0.25) is 0 Å². The Balaban J connectivity index is 1.85. The van der Waals surface area contributed by atoms with Crippen molar-refractivity contribution in [3.05, 3.63) is 74.7 Å². The van der Waals surface area contributed by atoms with Gasteiger partial charge in [-0.15, -0.1) is 0 Å². The summed E-state index contributed by atoms with van der Waals surface area (Å²) >= 11 is 0. The first kappa shape index (κ1) is 21.6. The van der Waals surface area contributed by atoms with Crippen molar-refractivity contribution in [1.29, 1.82) is 0 Å². The van der Waals surface area contributed by atoms with Gasteiger partial charge in [-0.1, -0.05) is 18.2 Å². The number of nitro benzene ring substituents is 1. The van der Waals surface area contributed by atoms with Crippen LogP contribution in [-0.2, 0) is 11.8 Å². The van der Waals surface area contributed by atoms with Crippen molar-refractivity contribution in [3.63, 3.8) is 0 Å². The number of hydrogen-bond acceptors (Lipinski definition) is 6. The van der Waals surface area contributed by atoms with E-state index in [4.69, 9.17) is 9.47 Å². The van der Waals surface area contributed by atoms with Gasteiger partial charge in [-0.25, -0.2) is 4.68 Å². The number of nitrogens with one attached hydrogen (secondary N) is 1. The number of rotatable bonds is 7. The summed E-state index contributed by atoms with van der Waals surface area (Å²) in [5.74, 6) is -0.409. The minimum absolute atomic E-state index is 0.0834. The summed E-state index contributed by atoms with van der Waals surface area (Å²) in [5.41, 5.74) is 0.570. The molecule has 0 radical (unpaired) electrons. The average molecular weight is 426 g/mol. The molecule has 0 aliphatic carbocycles. The summed E-state index contributed by atoms with van der Waals surface area (Å²) in [6.45, 7) is 3.15. The van der Waals surface area contributed by atoms with Gasteiger partial charge < -0.3 is 14.8 Å². The van der Waals surface area contributed by atoms with E-state index in [1.54, 1.807) is 42.9 Å². The van der Waals surface area contributed by atoms with Crippen molar-refractivity contribution in [2.45, 2.75) is 20.0 Å². The highest BCUT2D eigenvalue weighted by atomic mass is 16.6. The maximum atomic E-state index is 12.9. The van der Waals surface area contributed by atoms with Crippen molar-refractivity contribution >= 4 is 17.3 Å². The number of ether oxygens (including phenoxy) is 2. The van der Waals surface area contributed by atoms with Gasteiger partial charge in [0.1, 0.15) is 11.4 Å². The smallest absolute Gasteiger partial charge is 0.314 e. The number of nitrogens with zero attached hydrogens (tertiary/aromatic N) is 3. The third kappa shape index (κ3) is 4.27. The van der Waals surface area contributed by atoms with Crippen LogP contribution in [-0.4, -0.2) is 33.4 Å². The monoisotopic (exact) mass is 426 g/mol. The van der Waals surface area contributed by atoms with E-state index < -0.39 is 22.5 Å². The minimum atomic E-state index is -1.10. The molecule has 1 N–H and O–H groups in total. The Labute approximate surface area is 177 Å². The van der Waals surface area contributed by atoms with Crippen LogP contribution in [0.4, 0.5) is 11.4 Å². The van der Waals surface area contributed by atoms with Gasteiger partial charge in [0.25, 0.3) is 11.5 Å². The van der Waals surface area contributed by atoms with E-state index in [0.717, 1.165) is 0 Å². The Morgan fingerprint density at radius 1 is 1.19 bits per heavy atom. The molecule has 0 aliphatic rings. The van der Waals surface area contributed by atoms with E-state index in [1.165, 1.54) is 36.9 Å². The lowest BCUT2D eigenvalue weighted by atomic mass is 10.2. The van der Waals surface area contributed by atoms with Gasteiger partial charge in [0, 0.05) is 7.05 Å². The highest BCUT2D eigenvalue weighted by molar-refractivity contribution is 5.94. The van der Waals surface area contributed by atoms with E-state index in [0.29, 0.717) is 11.4 Å². The number of carbonyl (C=O) groups excluding carboxylic acids is 1. The minimum Gasteiger partial charge on any atom is -0.496 e. The Kier molecular flexibility index (Phi) is 6.10. The van der Waals surface area contributed by atoms with Crippen molar-refractivity contribution < 1.29 is 19.2 Å². The van der Waals surface area contributed by atoms with Crippen LogP contribution in [0, 0.1) is 17.0 Å². The molecular weight excluding hydrogens is 404 g/mol. The molecule has 1 unspecified atom stereocenters. The predicted octanol–water partition coefficient (Wildman–Crippen LogP) is 2.81. The summed E-state index contributed by atoms with van der Waals surface area (Å²) in [6.07, 6.45) is -1.10. The molecule has 0 saturated heterocycles. The second-order valence-electron chi connectivity index (χ2n) is 6.78. The summed E-state index contributed by atoms with van der Waals surface area (Å²) in [4.78, 5) is 36.3. The van der Waals surface area contributed by atoms with Gasteiger partial charge in [0.05, 0.1) is 29.5 Å². The summed E-state index contributed by atoms with van der Waals surface area (Å²) in [6, 6.07) is 13.1. The zero-order valence-corrected chi connectivity index (χ0v) is 17.5. The molecule has 0 saturated carbocycles. The quantitative estimate of drug-likeness (QED) is 0.459. The molecule has 10 nitrogen and oxygen atoms in total. The van der Waals surface area contributed by atoms with Gasteiger partial charge in [-0.3, -0.25) is 24.4 Å². The number of carbonyl (C=O) groups is 1. The van der Waals surface area contributed by atoms with Crippen molar-refractivity contribution in [3.8, 4) is 17.2 Å². The molecule has 0 spiro atoms. The fourth-order valence-corrected chi connectivity index (χ4v) is 3.05. The fourth-order valence-electron chi connectivity index (χ4n) is 3.05. The number of nitro groups is 1. The number of hydrogen-bond donors (Lipinski definition) is 1. The molecule has 2 aromatic carbocycles. The van der Waals surface area contributed by atoms with Crippen LogP contribution in [0.25, 0.3) is 5.69 Å². The maximum Gasteiger partial charge on any atom is 0.314 e. The molecule has 3 aromatic rings. The molecule has 1 amide bonds. The molecule has 0 bridgehead atoms. The van der Waals surface area contributed by atoms with Crippen LogP contribution in [0.5, 0.6) is 11.5 Å². The topological polar surface area (TPSA) is 118 Å². The zero-order chi connectivity index (χ0) is 22.7. The van der Waals surface area contributed by atoms with Crippen molar-refractivity contribution in [2.24, 2.45) is 7.05 Å². The van der Waals surface area contributed by atoms with Crippen LogP contribution in [0.1, 0.15) is 12.6 Å². The SMILES string of the molecule is COc1ccc(OC(C)C(=O)Nc2c(C)n(C)n(-c3ccccc3)c2=O)c([N+](=O)[O-])c1. The average Bonchev–Trinajstić information content (AvgIpc) is 2.97. The standard InChI is InChI=1S/C21H22N4O6/c1-13-19(21(27)24(23(13)3)15-8-6-5-7-9-15)22-20(26)14(2)31-18-11-10-16(30-4)12-17(18)25(28)29/h5-12,14H,1-4H3,(H,22,26). The van der Waals surface area contributed by atoms with Crippen LogP contribution >= 0.6 is 0 Å². The van der Waals surface area contributed by atoms with E-state index in [-0.39, 0.29) is 22.9 Å². The Morgan fingerprint density at radius 3 is 2.48 bits per heavy atom. The zero-order valence-electron chi connectivity index (χ0n) is 17.5. The maximum absolute atomic E-state index is 12.9. The fraction of sp³-hybridized carbons (Fsp3) is 0.238. The van der Waals surface area contributed by atoms with Crippen LogP contribution < -0.4 is 20.3 Å².